The Bertz CT molecular complexity index is 648. The molecule has 6 atom stereocenters. The molecule has 8 heteroatoms. The zero-order valence-electron chi connectivity index (χ0n) is 16.3. The monoisotopic (exact) mass is 379 g/mol. The molecule has 2 saturated heterocycles. The molecule has 7 nitrogen and oxygen atoms in total. The van der Waals surface area contributed by atoms with Gasteiger partial charge in [0.05, 0.1) is 36.7 Å². The summed E-state index contributed by atoms with van der Waals surface area (Å²) in [5, 5.41) is 0. The molecule has 3 aliphatic rings. The number of nitrogens with zero attached hydrogens (tertiary/aromatic N) is 3. The Morgan fingerprint density at radius 1 is 1.30 bits per heavy atom. The second-order valence-corrected chi connectivity index (χ2v) is 8.18. The minimum atomic E-state index is -0.933. The van der Waals surface area contributed by atoms with Crippen LogP contribution in [-0.4, -0.2) is 60.2 Å². The first-order valence-corrected chi connectivity index (χ1v) is 10.0. The van der Waals surface area contributed by atoms with Crippen LogP contribution in [0.25, 0.3) is 0 Å². The van der Waals surface area contributed by atoms with Crippen LogP contribution < -0.4 is 15.8 Å². The fourth-order valence-electron chi connectivity index (χ4n) is 4.50. The van der Waals surface area contributed by atoms with Crippen LogP contribution in [0.1, 0.15) is 45.3 Å². The van der Waals surface area contributed by atoms with Crippen molar-refractivity contribution in [3.63, 3.8) is 0 Å². The molecule has 1 aromatic rings. The number of ether oxygens (including phenoxy) is 2. The van der Waals surface area contributed by atoms with Crippen LogP contribution in [0.5, 0.6) is 0 Å². The van der Waals surface area contributed by atoms with E-state index in [0.29, 0.717) is 19.4 Å². The fourth-order valence-corrected chi connectivity index (χ4v) is 4.50. The van der Waals surface area contributed by atoms with Gasteiger partial charge < -0.3 is 14.4 Å². The molecule has 2 aliphatic heterocycles. The number of aromatic nitrogens is 2. The molecule has 0 spiro atoms. The van der Waals surface area contributed by atoms with Gasteiger partial charge in [0.25, 0.3) is 0 Å². The molecule has 1 saturated carbocycles. The lowest BCUT2D eigenvalue weighted by Gasteiger charge is -2.36. The molecule has 150 valence electrons. The molecule has 0 aromatic carbocycles. The van der Waals surface area contributed by atoms with E-state index in [9.17, 15) is 4.39 Å². The van der Waals surface area contributed by atoms with E-state index in [2.05, 4.69) is 38.7 Å². The standard InChI is InChI=1S/C19H30FN5O2/c1-11(2)27-17-6-13-15(7-14(17)20)23-24-19(13)16-8-18(22-10-21-16)25-4-5-26-12(3)9-25/h8,10-15,17,19,23-24H,4-7,9H2,1-3H3/t12-,13?,14?,15?,17?,19?/m1/s1. The van der Waals surface area contributed by atoms with Crippen LogP contribution in [-0.2, 0) is 9.47 Å². The van der Waals surface area contributed by atoms with E-state index in [1.165, 1.54) is 0 Å². The number of hydrogen-bond acceptors (Lipinski definition) is 7. The van der Waals surface area contributed by atoms with Gasteiger partial charge in [0, 0.05) is 31.1 Å². The highest BCUT2D eigenvalue weighted by Gasteiger charge is 2.46. The molecule has 5 unspecified atom stereocenters. The first kappa shape index (κ1) is 19.0. The second kappa shape index (κ2) is 7.95. The highest BCUT2D eigenvalue weighted by Crippen LogP contribution is 2.40. The summed E-state index contributed by atoms with van der Waals surface area (Å²) >= 11 is 0. The Kier molecular flexibility index (Phi) is 5.59. The van der Waals surface area contributed by atoms with E-state index < -0.39 is 6.17 Å². The van der Waals surface area contributed by atoms with Gasteiger partial charge in [-0.3, -0.25) is 5.43 Å². The third-order valence-corrected chi connectivity index (χ3v) is 5.76. The number of hydrazine groups is 1. The third-order valence-electron chi connectivity index (χ3n) is 5.76. The van der Waals surface area contributed by atoms with Gasteiger partial charge in [-0.05, 0) is 33.6 Å². The van der Waals surface area contributed by atoms with Crippen molar-refractivity contribution >= 4 is 5.82 Å². The topological polar surface area (TPSA) is 71.5 Å². The summed E-state index contributed by atoms with van der Waals surface area (Å²) in [4.78, 5) is 11.2. The van der Waals surface area contributed by atoms with Gasteiger partial charge in [-0.25, -0.2) is 19.8 Å². The van der Waals surface area contributed by atoms with Crippen LogP contribution in [0.2, 0.25) is 0 Å². The Morgan fingerprint density at radius 3 is 2.93 bits per heavy atom. The lowest BCUT2D eigenvalue weighted by molar-refractivity contribution is -0.0708. The van der Waals surface area contributed by atoms with E-state index in [4.69, 9.17) is 9.47 Å². The van der Waals surface area contributed by atoms with E-state index in [1.54, 1.807) is 6.33 Å². The average molecular weight is 379 g/mol. The van der Waals surface area contributed by atoms with Crippen molar-refractivity contribution in [3.8, 4) is 0 Å². The predicted octanol–water partition coefficient (Wildman–Crippen LogP) is 1.76. The fraction of sp³-hybridized carbons (Fsp3) is 0.789. The number of rotatable bonds is 4. The summed E-state index contributed by atoms with van der Waals surface area (Å²) in [6, 6.07) is 2.18. The predicted molar refractivity (Wildman–Crippen MR) is 100 cm³/mol. The minimum Gasteiger partial charge on any atom is -0.375 e. The van der Waals surface area contributed by atoms with Crippen molar-refractivity contribution in [2.45, 2.75) is 70.2 Å². The van der Waals surface area contributed by atoms with Gasteiger partial charge in [0.2, 0.25) is 0 Å². The molecule has 0 radical (unpaired) electrons. The van der Waals surface area contributed by atoms with Gasteiger partial charge >= 0.3 is 0 Å². The van der Waals surface area contributed by atoms with Crippen LogP contribution in [0.4, 0.5) is 10.2 Å². The molecule has 3 heterocycles. The summed E-state index contributed by atoms with van der Waals surface area (Å²) in [6.07, 6.45) is 1.71. The normalized spacial score (nSPS) is 36.9. The SMILES string of the molecule is CC(C)OC1CC2C(CC1F)NNC2c1cc(N2CCO[C@H](C)C2)ncn1. The van der Waals surface area contributed by atoms with Crippen molar-refractivity contribution in [2.24, 2.45) is 5.92 Å². The smallest absolute Gasteiger partial charge is 0.132 e. The Morgan fingerprint density at radius 2 is 2.15 bits per heavy atom. The lowest BCUT2D eigenvalue weighted by Crippen LogP contribution is -2.44. The van der Waals surface area contributed by atoms with Crippen LogP contribution >= 0.6 is 0 Å². The summed E-state index contributed by atoms with van der Waals surface area (Å²) in [5.74, 6) is 1.17. The molecule has 0 amide bonds. The minimum absolute atomic E-state index is 0.0273. The molecule has 4 rings (SSSR count). The van der Waals surface area contributed by atoms with Gasteiger partial charge in [-0.2, -0.15) is 0 Å². The van der Waals surface area contributed by atoms with E-state index >= 15 is 0 Å². The van der Waals surface area contributed by atoms with Crippen molar-refractivity contribution < 1.29 is 13.9 Å². The number of morpholine rings is 1. The van der Waals surface area contributed by atoms with E-state index in [-0.39, 0.29) is 36.3 Å². The van der Waals surface area contributed by atoms with E-state index in [1.807, 2.05) is 13.8 Å². The second-order valence-electron chi connectivity index (χ2n) is 8.18. The molecular formula is C19H30FN5O2. The molecule has 0 bridgehead atoms. The highest BCUT2D eigenvalue weighted by molar-refractivity contribution is 5.40. The Labute approximate surface area is 160 Å². The van der Waals surface area contributed by atoms with Crippen molar-refractivity contribution in [3.05, 3.63) is 18.1 Å². The maximum Gasteiger partial charge on any atom is 0.132 e. The van der Waals surface area contributed by atoms with Gasteiger partial charge in [-0.1, -0.05) is 0 Å². The van der Waals surface area contributed by atoms with Crippen LogP contribution in [0, 0.1) is 5.92 Å². The summed E-state index contributed by atoms with van der Waals surface area (Å²) in [6.45, 7) is 8.36. The maximum atomic E-state index is 14.5. The Hall–Kier alpha value is -1.35. The molecular weight excluding hydrogens is 349 g/mol. The van der Waals surface area contributed by atoms with Crippen molar-refractivity contribution in [1.82, 2.24) is 20.8 Å². The average Bonchev–Trinajstić information content (AvgIpc) is 3.04. The number of nitrogens with one attached hydrogen (secondary N) is 2. The number of fused-ring (bicyclic) bond motifs is 1. The van der Waals surface area contributed by atoms with Crippen LogP contribution in [0.15, 0.2) is 12.4 Å². The zero-order chi connectivity index (χ0) is 19.0. The van der Waals surface area contributed by atoms with Gasteiger partial charge in [0.15, 0.2) is 0 Å². The Balaban J connectivity index is 1.51. The number of hydrogen-bond donors (Lipinski definition) is 2. The van der Waals surface area contributed by atoms with Crippen LogP contribution in [0.3, 0.4) is 0 Å². The first-order valence-electron chi connectivity index (χ1n) is 10.0. The first-order chi connectivity index (χ1) is 13.0. The third kappa shape index (κ3) is 4.08. The summed E-state index contributed by atoms with van der Waals surface area (Å²) in [7, 11) is 0. The summed E-state index contributed by atoms with van der Waals surface area (Å²) < 4.78 is 26.0. The highest BCUT2D eigenvalue weighted by atomic mass is 19.1. The quantitative estimate of drug-likeness (QED) is 0.826. The lowest BCUT2D eigenvalue weighted by atomic mass is 9.78. The molecule has 2 N–H and O–H groups in total. The number of anilines is 1. The molecule has 1 aliphatic carbocycles. The molecule has 3 fully saturated rings. The van der Waals surface area contributed by atoms with Gasteiger partial charge in [0.1, 0.15) is 18.3 Å². The molecule has 1 aromatic heterocycles. The van der Waals surface area contributed by atoms with Crippen molar-refractivity contribution in [1.29, 1.82) is 0 Å². The number of alkyl halides is 1. The van der Waals surface area contributed by atoms with E-state index in [0.717, 1.165) is 24.6 Å². The van der Waals surface area contributed by atoms with Gasteiger partial charge in [-0.15, -0.1) is 0 Å². The molecule has 27 heavy (non-hydrogen) atoms. The van der Waals surface area contributed by atoms with Crippen molar-refractivity contribution in [2.75, 3.05) is 24.6 Å². The number of halogens is 1. The summed E-state index contributed by atoms with van der Waals surface area (Å²) in [5.41, 5.74) is 7.56. The maximum absolute atomic E-state index is 14.5. The largest absolute Gasteiger partial charge is 0.375 e. The zero-order valence-corrected chi connectivity index (χ0v) is 16.3.